The summed E-state index contributed by atoms with van der Waals surface area (Å²) in [5.41, 5.74) is 1.58. The molecule has 1 fully saturated rings. The van der Waals surface area contributed by atoms with E-state index in [1.54, 1.807) is 11.8 Å². The lowest BCUT2D eigenvalue weighted by Crippen LogP contribution is -2.43. The first-order valence-electron chi connectivity index (χ1n) is 8.00. The molecule has 0 spiro atoms. The van der Waals surface area contributed by atoms with Crippen LogP contribution in [0, 0.1) is 0 Å². The number of nitrogens with zero attached hydrogens (tertiary/aromatic N) is 2. The Balaban J connectivity index is 1.63. The van der Waals surface area contributed by atoms with Gasteiger partial charge in [0.05, 0.1) is 11.0 Å². The Hall–Kier alpha value is -1.69. The molecule has 0 unspecified atom stereocenters. The van der Waals surface area contributed by atoms with Crippen LogP contribution < -0.4 is 0 Å². The highest BCUT2D eigenvalue weighted by Crippen LogP contribution is 2.29. The first-order valence-corrected chi connectivity index (χ1v) is 8.88. The van der Waals surface area contributed by atoms with Gasteiger partial charge in [-0.3, -0.25) is 0 Å². The number of H-pyrrole nitrogens is 1. The van der Waals surface area contributed by atoms with Crippen molar-refractivity contribution in [3.8, 4) is 0 Å². The molecule has 0 saturated carbocycles. The molecule has 1 atom stereocenters. The standard InChI is InChI=1S/C17H23N3O2S/c1-17(2,3)22-16(21)20-10-6-7-12(11-20)23-15-18-13-8-4-5-9-14(13)19-15/h4-5,8-9,12H,6-7,10-11H2,1-3H3,(H,18,19)/t12-/m1/s1. The second-order valence-corrected chi connectivity index (χ2v) is 8.16. The molecule has 5 nitrogen and oxygen atoms in total. The number of benzene rings is 1. The molecule has 1 aliphatic heterocycles. The average molecular weight is 333 g/mol. The lowest BCUT2D eigenvalue weighted by molar-refractivity contribution is 0.0220. The van der Waals surface area contributed by atoms with Crippen LogP contribution in [0.1, 0.15) is 33.6 Å². The van der Waals surface area contributed by atoms with Crippen molar-refractivity contribution in [2.75, 3.05) is 13.1 Å². The number of ether oxygens (including phenoxy) is 1. The predicted molar refractivity (Wildman–Crippen MR) is 92.8 cm³/mol. The summed E-state index contributed by atoms with van der Waals surface area (Å²) in [7, 11) is 0. The number of rotatable bonds is 2. The van der Waals surface area contributed by atoms with E-state index in [1.165, 1.54) is 0 Å². The van der Waals surface area contributed by atoms with Crippen LogP contribution in [0.2, 0.25) is 0 Å². The topological polar surface area (TPSA) is 58.2 Å². The Labute approximate surface area is 140 Å². The number of fused-ring (bicyclic) bond motifs is 1. The highest BCUT2D eigenvalue weighted by atomic mass is 32.2. The molecule has 1 aliphatic rings. The lowest BCUT2D eigenvalue weighted by atomic mass is 10.1. The number of hydrogen-bond acceptors (Lipinski definition) is 4. The fourth-order valence-electron chi connectivity index (χ4n) is 2.67. The fourth-order valence-corrected chi connectivity index (χ4v) is 3.84. The van der Waals surface area contributed by atoms with Gasteiger partial charge in [0.1, 0.15) is 5.60 Å². The summed E-state index contributed by atoms with van der Waals surface area (Å²) >= 11 is 1.71. The third-order valence-electron chi connectivity index (χ3n) is 3.68. The number of para-hydroxylation sites is 2. The van der Waals surface area contributed by atoms with Crippen LogP contribution in [0.15, 0.2) is 29.4 Å². The van der Waals surface area contributed by atoms with Crippen molar-refractivity contribution in [2.24, 2.45) is 0 Å². The monoisotopic (exact) mass is 333 g/mol. The van der Waals surface area contributed by atoms with E-state index in [0.29, 0.717) is 11.8 Å². The number of carbonyl (C=O) groups excluding carboxylic acids is 1. The Bertz CT molecular complexity index is 659. The molecule has 6 heteroatoms. The van der Waals surface area contributed by atoms with Gasteiger partial charge in [-0.15, -0.1) is 0 Å². The molecule has 2 heterocycles. The highest BCUT2D eigenvalue weighted by molar-refractivity contribution is 7.99. The van der Waals surface area contributed by atoms with E-state index in [-0.39, 0.29) is 6.09 Å². The van der Waals surface area contributed by atoms with E-state index < -0.39 is 5.60 Å². The maximum absolute atomic E-state index is 12.2. The molecule has 23 heavy (non-hydrogen) atoms. The zero-order valence-corrected chi connectivity index (χ0v) is 14.7. The maximum atomic E-state index is 12.2. The Morgan fingerprint density at radius 3 is 2.91 bits per heavy atom. The molecule has 0 bridgehead atoms. The number of imidazole rings is 1. The molecule has 0 radical (unpaired) electrons. The molecule has 1 amide bonds. The third-order valence-corrected chi connectivity index (χ3v) is 4.81. The average Bonchev–Trinajstić information content (AvgIpc) is 2.88. The van der Waals surface area contributed by atoms with Gasteiger partial charge in [0, 0.05) is 18.3 Å². The fraction of sp³-hybridized carbons (Fsp3) is 0.529. The van der Waals surface area contributed by atoms with Crippen LogP contribution in [0.5, 0.6) is 0 Å². The number of amides is 1. The van der Waals surface area contributed by atoms with Gasteiger partial charge >= 0.3 is 6.09 Å². The number of likely N-dealkylation sites (tertiary alicyclic amines) is 1. The van der Waals surface area contributed by atoms with E-state index in [9.17, 15) is 4.79 Å². The number of nitrogens with one attached hydrogen (secondary N) is 1. The largest absolute Gasteiger partial charge is 0.444 e. The highest BCUT2D eigenvalue weighted by Gasteiger charge is 2.28. The molecule has 3 rings (SSSR count). The van der Waals surface area contributed by atoms with Crippen molar-refractivity contribution < 1.29 is 9.53 Å². The number of aromatic amines is 1. The van der Waals surface area contributed by atoms with Crippen LogP contribution in [0.3, 0.4) is 0 Å². The molecular formula is C17H23N3O2S. The first kappa shape index (κ1) is 16.2. The van der Waals surface area contributed by atoms with Crippen molar-refractivity contribution in [1.82, 2.24) is 14.9 Å². The normalized spacial score (nSPS) is 19.1. The predicted octanol–water partition coefficient (Wildman–Crippen LogP) is 4.05. The van der Waals surface area contributed by atoms with E-state index in [1.807, 2.05) is 49.9 Å². The minimum absolute atomic E-state index is 0.215. The van der Waals surface area contributed by atoms with Crippen LogP contribution in [0.4, 0.5) is 4.79 Å². The number of hydrogen-bond donors (Lipinski definition) is 1. The summed E-state index contributed by atoms with van der Waals surface area (Å²) in [5.74, 6) is 0. The van der Waals surface area contributed by atoms with Crippen molar-refractivity contribution >= 4 is 28.9 Å². The number of carbonyl (C=O) groups is 1. The summed E-state index contributed by atoms with van der Waals surface area (Å²) in [6.07, 6.45) is 1.87. The summed E-state index contributed by atoms with van der Waals surface area (Å²) in [6, 6.07) is 8.02. The molecule has 1 saturated heterocycles. The Kier molecular flexibility index (Phi) is 4.53. The van der Waals surface area contributed by atoms with Gasteiger partial charge < -0.3 is 14.6 Å². The summed E-state index contributed by atoms with van der Waals surface area (Å²) in [6.45, 7) is 7.17. The third kappa shape index (κ3) is 4.19. The number of thioether (sulfide) groups is 1. The van der Waals surface area contributed by atoms with Gasteiger partial charge in [0.25, 0.3) is 0 Å². The Morgan fingerprint density at radius 1 is 1.39 bits per heavy atom. The molecule has 1 aromatic heterocycles. The van der Waals surface area contributed by atoms with Gasteiger partial charge in [-0.2, -0.15) is 0 Å². The van der Waals surface area contributed by atoms with Gasteiger partial charge in [-0.25, -0.2) is 9.78 Å². The van der Waals surface area contributed by atoms with Gasteiger partial charge in [-0.05, 0) is 45.7 Å². The minimum atomic E-state index is -0.449. The van der Waals surface area contributed by atoms with Crippen molar-refractivity contribution in [2.45, 2.75) is 49.6 Å². The van der Waals surface area contributed by atoms with E-state index in [4.69, 9.17) is 4.74 Å². The van der Waals surface area contributed by atoms with Gasteiger partial charge in [0.2, 0.25) is 0 Å². The lowest BCUT2D eigenvalue weighted by Gasteiger charge is -2.33. The van der Waals surface area contributed by atoms with E-state index in [2.05, 4.69) is 9.97 Å². The molecule has 1 aromatic carbocycles. The molecule has 2 aromatic rings. The van der Waals surface area contributed by atoms with Crippen molar-refractivity contribution in [3.63, 3.8) is 0 Å². The quantitative estimate of drug-likeness (QED) is 0.900. The first-order chi connectivity index (χ1) is 10.9. The summed E-state index contributed by atoms with van der Waals surface area (Å²) in [4.78, 5) is 22.0. The van der Waals surface area contributed by atoms with Crippen LogP contribution >= 0.6 is 11.8 Å². The molecular weight excluding hydrogens is 310 g/mol. The van der Waals surface area contributed by atoms with E-state index in [0.717, 1.165) is 35.6 Å². The minimum Gasteiger partial charge on any atom is -0.444 e. The molecule has 1 N–H and O–H groups in total. The second-order valence-electron chi connectivity index (χ2n) is 6.87. The zero-order valence-electron chi connectivity index (χ0n) is 13.8. The smallest absolute Gasteiger partial charge is 0.410 e. The van der Waals surface area contributed by atoms with Crippen LogP contribution in [-0.2, 0) is 4.74 Å². The van der Waals surface area contributed by atoms with Crippen molar-refractivity contribution in [1.29, 1.82) is 0 Å². The van der Waals surface area contributed by atoms with Crippen LogP contribution in [0.25, 0.3) is 11.0 Å². The zero-order chi connectivity index (χ0) is 16.4. The van der Waals surface area contributed by atoms with E-state index >= 15 is 0 Å². The number of piperidine rings is 1. The Morgan fingerprint density at radius 2 is 2.17 bits per heavy atom. The summed E-state index contributed by atoms with van der Waals surface area (Å²) < 4.78 is 5.48. The summed E-state index contributed by atoms with van der Waals surface area (Å²) in [5, 5.41) is 1.26. The van der Waals surface area contributed by atoms with Gasteiger partial charge in [-0.1, -0.05) is 23.9 Å². The van der Waals surface area contributed by atoms with Crippen molar-refractivity contribution in [3.05, 3.63) is 24.3 Å². The van der Waals surface area contributed by atoms with Crippen LogP contribution in [-0.4, -0.2) is 44.9 Å². The molecule has 0 aliphatic carbocycles. The van der Waals surface area contributed by atoms with Gasteiger partial charge in [0.15, 0.2) is 5.16 Å². The molecule has 124 valence electrons. The maximum Gasteiger partial charge on any atom is 0.410 e. The number of aromatic nitrogens is 2. The second kappa shape index (κ2) is 6.43. The SMILES string of the molecule is CC(C)(C)OC(=O)N1CCC[C@@H](Sc2nc3ccccc3[nH]2)C1.